The molecule has 0 saturated carbocycles. The normalized spacial score (nSPS) is 10.5. The number of nitro benzene ring substituents is 1. The van der Waals surface area contributed by atoms with E-state index in [1.807, 2.05) is 0 Å². The van der Waals surface area contributed by atoms with Crippen LogP contribution in [0.5, 0.6) is 23.0 Å². The van der Waals surface area contributed by atoms with Gasteiger partial charge in [-0.25, -0.2) is 10.2 Å². The Morgan fingerprint density at radius 3 is 2.26 bits per heavy atom. The van der Waals surface area contributed by atoms with Crippen LogP contribution in [0.25, 0.3) is 0 Å². The number of hydrogen-bond acceptors (Lipinski definition) is 9. The van der Waals surface area contributed by atoms with E-state index in [1.54, 1.807) is 42.5 Å². The number of nitro groups is 1. The molecule has 0 aromatic heterocycles. The summed E-state index contributed by atoms with van der Waals surface area (Å²) in [5.41, 5.74) is 3.14. The van der Waals surface area contributed by atoms with Crippen molar-refractivity contribution in [3.8, 4) is 23.0 Å². The first-order chi connectivity index (χ1) is 16.9. The van der Waals surface area contributed by atoms with Crippen LogP contribution in [-0.4, -0.2) is 43.8 Å². The lowest BCUT2D eigenvalue weighted by Crippen LogP contribution is -2.24. The number of non-ortho nitro benzene ring substituents is 1. The molecule has 0 unspecified atom stereocenters. The van der Waals surface area contributed by atoms with Crippen molar-refractivity contribution in [3.05, 3.63) is 88.0 Å². The lowest BCUT2D eigenvalue weighted by atomic mass is 10.2. The lowest BCUT2D eigenvalue weighted by molar-refractivity contribution is -0.384. The number of benzene rings is 3. The fourth-order valence-corrected chi connectivity index (χ4v) is 2.76. The van der Waals surface area contributed by atoms with Gasteiger partial charge in [0, 0.05) is 12.1 Å². The molecular weight excluding hydrogens is 458 g/mol. The van der Waals surface area contributed by atoms with Crippen LogP contribution in [0.4, 0.5) is 5.69 Å². The first kappa shape index (κ1) is 24.7. The summed E-state index contributed by atoms with van der Waals surface area (Å²) in [5, 5.41) is 14.5. The van der Waals surface area contributed by atoms with Gasteiger partial charge in [0.05, 0.1) is 30.9 Å². The predicted molar refractivity (Wildman–Crippen MR) is 125 cm³/mol. The fourth-order valence-electron chi connectivity index (χ4n) is 2.76. The molecule has 0 atom stereocenters. The second-order valence-electron chi connectivity index (χ2n) is 6.86. The monoisotopic (exact) mass is 479 g/mol. The number of nitrogens with one attached hydrogen (secondary N) is 1. The highest BCUT2D eigenvalue weighted by molar-refractivity contribution is 5.92. The minimum Gasteiger partial charge on any atom is -0.497 e. The number of hydrogen-bond donors (Lipinski definition) is 1. The molecule has 11 nitrogen and oxygen atoms in total. The number of esters is 1. The zero-order chi connectivity index (χ0) is 25.2. The maximum atomic E-state index is 12.4. The Hall–Kier alpha value is -4.93. The van der Waals surface area contributed by atoms with Gasteiger partial charge in [0.1, 0.15) is 11.5 Å². The van der Waals surface area contributed by atoms with Gasteiger partial charge in [-0.2, -0.15) is 5.10 Å². The van der Waals surface area contributed by atoms with Crippen molar-refractivity contribution in [2.75, 3.05) is 20.8 Å². The van der Waals surface area contributed by atoms with Crippen LogP contribution in [0.1, 0.15) is 15.9 Å². The van der Waals surface area contributed by atoms with E-state index in [4.69, 9.17) is 18.9 Å². The van der Waals surface area contributed by atoms with E-state index in [-0.39, 0.29) is 18.0 Å². The van der Waals surface area contributed by atoms with Crippen molar-refractivity contribution in [2.45, 2.75) is 0 Å². The van der Waals surface area contributed by atoms with Crippen LogP contribution in [0.3, 0.4) is 0 Å². The molecule has 0 saturated heterocycles. The first-order valence-electron chi connectivity index (χ1n) is 10.1. The average molecular weight is 479 g/mol. The molecular formula is C24H21N3O8. The molecule has 0 fully saturated rings. The number of carbonyl (C=O) groups excluding carboxylic acids is 2. The summed E-state index contributed by atoms with van der Waals surface area (Å²) < 4.78 is 21.0. The van der Waals surface area contributed by atoms with Gasteiger partial charge >= 0.3 is 5.97 Å². The molecule has 0 spiro atoms. The molecule has 180 valence electrons. The summed E-state index contributed by atoms with van der Waals surface area (Å²) >= 11 is 0. The van der Waals surface area contributed by atoms with Crippen LogP contribution in [-0.2, 0) is 4.79 Å². The van der Waals surface area contributed by atoms with Crippen molar-refractivity contribution >= 4 is 23.8 Å². The molecule has 0 aliphatic carbocycles. The summed E-state index contributed by atoms with van der Waals surface area (Å²) in [4.78, 5) is 34.4. The van der Waals surface area contributed by atoms with E-state index in [9.17, 15) is 19.7 Å². The number of nitrogens with zero attached hydrogens (tertiary/aromatic N) is 2. The lowest BCUT2D eigenvalue weighted by Gasteiger charge is -2.10. The molecule has 3 aromatic rings. The highest BCUT2D eigenvalue weighted by Crippen LogP contribution is 2.28. The van der Waals surface area contributed by atoms with Crippen LogP contribution < -0.4 is 24.4 Å². The van der Waals surface area contributed by atoms with E-state index in [1.165, 1.54) is 44.7 Å². The standard InChI is InChI=1S/C24H21N3O8/c1-32-19-8-4-17(5-9-19)24(29)35-21-12-3-16(13-22(21)33-2)14-25-26-23(28)15-34-20-10-6-18(7-11-20)27(30)31/h3-14H,15H2,1-2H3,(H,26,28). The highest BCUT2D eigenvalue weighted by Gasteiger charge is 2.13. The Kier molecular flexibility index (Phi) is 8.33. The number of hydrazone groups is 1. The van der Waals surface area contributed by atoms with Gasteiger partial charge in [0.25, 0.3) is 11.6 Å². The average Bonchev–Trinajstić information content (AvgIpc) is 2.88. The van der Waals surface area contributed by atoms with Gasteiger partial charge in [-0.1, -0.05) is 0 Å². The number of ether oxygens (including phenoxy) is 4. The van der Waals surface area contributed by atoms with E-state index >= 15 is 0 Å². The van der Waals surface area contributed by atoms with Crippen molar-refractivity contribution in [1.82, 2.24) is 5.43 Å². The van der Waals surface area contributed by atoms with Gasteiger partial charge in [-0.05, 0) is 60.2 Å². The largest absolute Gasteiger partial charge is 0.497 e. The van der Waals surface area contributed by atoms with Gasteiger partial charge in [-0.15, -0.1) is 0 Å². The predicted octanol–water partition coefficient (Wildman–Crippen LogP) is 3.36. The second kappa shape index (κ2) is 11.8. The molecule has 11 heteroatoms. The molecule has 0 aliphatic heterocycles. The Labute approximate surface area is 200 Å². The van der Waals surface area contributed by atoms with Gasteiger partial charge in [-0.3, -0.25) is 14.9 Å². The smallest absolute Gasteiger partial charge is 0.343 e. The molecule has 3 aromatic carbocycles. The quantitative estimate of drug-likeness (QED) is 0.154. The molecule has 0 heterocycles. The maximum Gasteiger partial charge on any atom is 0.343 e. The number of carbonyl (C=O) groups is 2. The third kappa shape index (κ3) is 7.02. The Balaban J connectivity index is 1.54. The number of rotatable bonds is 10. The Morgan fingerprint density at radius 2 is 1.63 bits per heavy atom. The summed E-state index contributed by atoms with van der Waals surface area (Å²) in [6.45, 7) is -0.335. The SMILES string of the molecule is COc1ccc(C(=O)Oc2ccc(C=NNC(=O)COc3ccc([N+](=O)[O-])cc3)cc2OC)cc1. The van der Waals surface area contributed by atoms with Crippen LogP contribution in [0.2, 0.25) is 0 Å². The third-order valence-corrected chi connectivity index (χ3v) is 4.54. The third-order valence-electron chi connectivity index (χ3n) is 4.54. The number of amides is 1. The zero-order valence-corrected chi connectivity index (χ0v) is 18.8. The topological polar surface area (TPSA) is 139 Å². The van der Waals surface area contributed by atoms with E-state index < -0.39 is 16.8 Å². The van der Waals surface area contributed by atoms with Gasteiger partial charge < -0.3 is 18.9 Å². The van der Waals surface area contributed by atoms with Crippen LogP contribution in [0, 0.1) is 10.1 Å². The minimum absolute atomic E-state index is 0.0802. The van der Waals surface area contributed by atoms with Crippen molar-refractivity contribution < 1.29 is 33.5 Å². The summed E-state index contributed by atoms with van der Waals surface area (Å²) in [6.07, 6.45) is 1.38. The zero-order valence-electron chi connectivity index (χ0n) is 18.8. The van der Waals surface area contributed by atoms with Gasteiger partial charge in [0.2, 0.25) is 0 Å². The first-order valence-corrected chi connectivity index (χ1v) is 10.1. The fraction of sp³-hybridized carbons (Fsp3) is 0.125. The molecule has 0 bridgehead atoms. The van der Waals surface area contributed by atoms with Gasteiger partial charge in [0.15, 0.2) is 18.1 Å². The van der Waals surface area contributed by atoms with E-state index in [0.29, 0.717) is 28.4 Å². The highest BCUT2D eigenvalue weighted by atomic mass is 16.6. The molecule has 0 radical (unpaired) electrons. The second-order valence-corrected chi connectivity index (χ2v) is 6.86. The minimum atomic E-state index is -0.562. The maximum absolute atomic E-state index is 12.4. The van der Waals surface area contributed by atoms with Crippen LogP contribution >= 0.6 is 0 Å². The van der Waals surface area contributed by atoms with Crippen molar-refractivity contribution in [2.24, 2.45) is 5.10 Å². The summed E-state index contributed by atoms with van der Waals surface area (Å²) in [6, 6.07) is 16.6. The molecule has 0 aliphatic rings. The summed E-state index contributed by atoms with van der Waals surface area (Å²) in [5.74, 6) is 0.339. The van der Waals surface area contributed by atoms with Crippen molar-refractivity contribution in [3.63, 3.8) is 0 Å². The molecule has 1 amide bonds. The molecule has 3 rings (SSSR count). The molecule has 35 heavy (non-hydrogen) atoms. The molecule has 1 N–H and O–H groups in total. The van der Waals surface area contributed by atoms with E-state index in [0.717, 1.165) is 0 Å². The van der Waals surface area contributed by atoms with E-state index in [2.05, 4.69) is 10.5 Å². The summed E-state index contributed by atoms with van der Waals surface area (Å²) in [7, 11) is 2.96. The van der Waals surface area contributed by atoms with Crippen molar-refractivity contribution in [1.29, 1.82) is 0 Å². The van der Waals surface area contributed by atoms with Crippen LogP contribution in [0.15, 0.2) is 71.8 Å². The Morgan fingerprint density at radius 1 is 0.943 bits per heavy atom. The Bertz CT molecular complexity index is 1220. The number of methoxy groups -OCH3 is 2.